The van der Waals surface area contributed by atoms with Crippen LogP contribution in [0.4, 0.5) is 5.69 Å². The molecular formula is C32H42N4O4Si. The van der Waals surface area contributed by atoms with Crippen molar-refractivity contribution in [1.29, 1.82) is 5.26 Å². The average molecular weight is 575 g/mol. The maximum absolute atomic E-state index is 12.5. The highest BCUT2D eigenvalue weighted by molar-refractivity contribution is 6.77. The molecule has 1 aromatic heterocycles. The van der Waals surface area contributed by atoms with Gasteiger partial charge in [-0.3, -0.25) is 4.79 Å². The Bertz CT molecular complexity index is 1430. The number of imidazole rings is 1. The number of hydrogen-bond acceptors (Lipinski definition) is 6. The van der Waals surface area contributed by atoms with Gasteiger partial charge in [0.15, 0.2) is 8.32 Å². The molecule has 8 nitrogen and oxygen atoms in total. The first-order valence-corrected chi connectivity index (χ1v) is 16.7. The van der Waals surface area contributed by atoms with Crippen LogP contribution in [0.15, 0.2) is 42.5 Å². The molecule has 4 rings (SSSR count). The van der Waals surface area contributed by atoms with Gasteiger partial charge in [0.05, 0.1) is 29.3 Å². The van der Waals surface area contributed by atoms with Crippen LogP contribution >= 0.6 is 0 Å². The Hall–Kier alpha value is -3.45. The first-order valence-electron chi connectivity index (χ1n) is 14.5. The van der Waals surface area contributed by atoms with Gasteiger partial charge in [0, 0.05) is 37.0 Å². The van der Waals surface area contributed by atoms with Crippen molar-refractivity contribution >= 4 is 42.8 Å². The molecule has 1 fully saturated rings. The van der Waals surface area contributed by atoms with Crippen LogP contribution in [-0.2, 0) is 20.5 Å². The van der Waals surface area contributed by atoms with Crippen LogP contribution in [0.1, 0.15) is 64.9 Å². The number of ether oxygens (including phenoxy) is 1. The van der Waals surface area contributed by atoms with Gasteiger partial charge < -0.3 is 23.7 Å². The van der Waals surface area contributed by atoms with Gasteiger partial charge in [-0.05, 0) is 53.4 Å². The molecule has 3 aromatic rings. The number of nitriles is 1. The average Bonchev–Trinajstić information content (AvgIpc) is 3.28. The van der Waals surface area contributed by atoms with E-state index in [9.17, 15) is 15.2 Å². The summed E-state index contributed by atoms with van der Waals surface area (Å²) in [4.78, 5) is 19.1. The number of morpholine rings is 1. The maximum atomic E-state index is 12.5. The van der Waals surface area contributed by atoms with Crippen molar-refractivity contribution in [2.24, 2.45) is 0 Å². The second-order valence-electron chi connectivity index (χ2n) is 11.6. The summed E-state index contributed by atoms with van der Waals surface area (Å²) < 4.78 is 14.2. The van der Waals surface area contributed by atoms with Gasteiger partial charge in [-0.2, -0.15) is 5.26 Å². The van der Waals surface area contributed by atoms with E-state index in [1.165, 1.54) is 0 Å². The van der Waals surface area contributed by atoms with Crippen molar-refractivity contribution in [3.63, 3.8) is 0 Å². The number of nitrogens with zero attached hydrogens (tertiary/aromatic N) is 4. The molecule has 2 heterocycles. The van der Waals surface area contributed by atoms with E-state index in [0.717, 1.165) is 23.1 Å². The summed E-state index contributed by atoms with van der Waals surface area (Å²) in [5, 5.41) is 20.3. The SMILES string of the molecule is CC(C)[Si](OCCCn1c(C=C(O)c2cccc(C#N)c2)nc2cc(N3CCOCC3=O)ccc21)(C(C)C)C(C)C. The number of fused-ring (bicyclic) bond motifs is 1. The minimum atomic E-state index is -1.98. The van der Waals surface area contributed by atoms with Crippen LogP contribution in [0, 0.1) is 11.3 Å². The van der Waals surface area contributed by atoms with Gasteiger partial charge in [-0.25, -0.2) is 4.98 Å². The molecule has 9 heteroatoms. The highest BCUT2D eigenvalue weighted by Crippen LogP contribution is 2.42. The lowest BCUT2D eigenvalue weighted by Gasteiger charge is -2.42. The Kier molecular flexibility index (Phi) is 9.69. The first kappa shape index (κ1) is 30.5. The molecule has 1 saturated heterocycles. The second-order valence-corrected chi connectivity index (χ2v) is 17.1. The summed E-state index contributed by atoms with van der Waals surface area (Å²) in [6.45, 7) is 16.1. The van der Waals surface area contributed by atoms with Crippen LogP contribution in [0.3, 0.4) is 0 Å². The smallest absolute Gasteiger partial charge is 0.253 e. The predicted molar refractivity (Wildman–Crippen MR) is 166 cm³/mol. The van der Waals surface area contributed by atoms with E-state index in [0.29, 0.717) is 59.9 Å². The number of aryl methyl sites for hydroxylation is 1. The lowest BCUT2D eigenvalue weighted by atomic mass is 10.1. The molecule has 1 amide bonds. The number of anilines is 1. The van der Waals surface area contributed by atoms with Crippen LogP contribution < -0.4 is 4.90 Å². The molecule has 0 spiro atoms. The molecule has 1 aliphatic heterocycles. The minimum absolute atomic E-state index is 0.0318. The monoisotopic (exact) mass is 574 g/mol. The summed E-state index contributed by atoms with van der Waals surface area (Å²) >= 11 is 0. The Labute approximate surface area is 244 Å². The highest BCUT2D eigenvalue weighted by Gasteiger charge is 2.44. The van der Waals surface area contributed by atoms with E-state index in [2.05, 4.69) is 52.2 Å². The van der Waals surface area contributed by atoms with E-state index >= 15 is 0 Å². The predicted octanol–water partition coefficient (Wildman–Crippen LogP) is 6.91. The Morgan fingerprint density at radius 1 is 1.15 bits per heavy atom. The first-order chi connectivity index (χ1) is 19.6. The number of carbonyl (C=O) groups is 1. The van der Waals surface area contributed by atoms with Gasteiger partial charge in [0.25, 0.3) is 5.91 Å². The quantitative estimate of drug-likeness (QED) is 0.152. The maximum Gasteiger partial charge on any atom is 0.253 e. The molecule has 0 aliphatic carbocycles. The number of hydrogen-bond donors (Lipinski definition) is 1. The number of aliphatic hydroxyl groups is 1. The van der Waals surface area contributed by atoms with Crippen LogP contribution in [-0.4, -0.2) is 55.2 Å². The summed E-state index contributed by atoms with van der Waals surface area (Å²) in [6.07, 6.45) is 2.44. The van der Waals surface area contributed by atoms with Gasteiger partial charge in [-0.15, -0.1) is 0 Å². The molecule has 218 valence electrons. The zero-order chi connectivity index (χ0) is 29.7. The van der Waals surface area contributed by atoms with Crippen molar-refractivity contribution in [2.45, 2.75) is 71.1 Å². The molecule has 1 N–H and O–H groups in total. The van der Waals surface area contributed by atoms with Gasteiger partial charge in [0.1, 0.15) is 18.2 Å². The van der Waals surface area contributed by atoms with Crippen molar-refractivity contribution in [2.75, 3.05) is 31.3 Å². The Morgan fingerprint density at radius 3 is 2.54 bits per heavy atom. The Morgan fingerprint density at radius 2 is 1.88 bits per heavy atom. The highest BCUT2D eigenvalue weighted by atomic mass is 28.4. The molecule has 0 unspecified atom stereocenters. The number of amides is 1. The van der Waals surface area contributed by atoms with Crippen molar-refractivity contribution in [3.8, 4) is 6.07 Å². The lowest BCUT2D eigenvalue weighted by Crippen LogP contribution is -2.48. The number of aromatic nitrogens is 2. The fourth-order valence-electron chi connectivity index (χ4n) is 6.37. The summed E-state index contributed by atoms with van der Waals surface area (Å²) in [5.41, 5.74) is 4.99. The molecule has 0 radical (unpaired) electrons. The minimum Gasteiger partial charge on any atom is -0.507 e. The van der Waals surface area contributed by atoms with Crippen molar-refractivity contribution < 1.29 is 19.1 Å². The summed E-state index contributed by atoms with van der Waals surface area (Å²) in [7, 11) is -1.98. The number of rotatable bonds is 11. The fraction of sp³-hybridized carbons (Fsp3) is 0.469. The molecule has 0 saturated carbocycles. The molecule has 1 aliphatic rings. The third-order valence-electron chi connectivity index (χ3n) is 8.20. The van der Waals surface area contributed by atoms with E-state index in [-0.39, 0.29) is 18.3 Å². The van der Waals surface area contributed by atoms with E-state index in [4.69, 9.17) is 14.1 Å². The molecule has 2 aromatic carbocycles. The standard InChI is InChI=1S/C32H42N4O4Si/c1-22(2)41(23(3)4,24(5)6)40-15-8-13-36-29-12-11-27(35-14-16-39-21-32(35)38)18-28(29)34-31(36)19-30(37)26-10-7-9-25(17-26)20-33/h7,9-12,17-19,22-24,37H,8,13-16,21H2,1-6H3. The largest absolute Gasteiger partial charge is 0.507 e. The fourth-order valence-corrected chi connectivity index (χ4v) is 11.9. The third-order valence-corrected chi connectivity index (χ3v) is 14.3. The number of aliphatic hydroxyl groups excluding tert-OH is 1. The van der Waals surface area contributed by atoms with E-state index < -0.39 is 8.32 Å². The lowest BCUT2D eigenvalue weighted by molar-refractivity contribution is -0.125. The third kappa shape index (κ3) is 6.40. The normalized spacial score (nSPS) is 15.0. The molecule has 41 heavy (non-hydrogen) atoms. The molecule has 0 atom stereocenters. The van der Waals surface area contributed by atoms with Crippen LogP contribution in [0.25, 0.3) is 22.9 Å². The summed E-state index contributed by atoms with van der Waals surface area (Å²) in [5.74, 6) is 0.560. The zero-order valence-corrected chi connectivity index (χ0v) is 26.1. The van der Waals surface area contributed by atoms with E-state index in [1.54, 1.807) is 35.2 Å². The van der Waals surface area contributed by atoms with Gasteiger partial charge >= 0.3 is 0 Å². The van der Waals surface area contributed by atoms with Gasteiger partial charge in [-0.1, -0.05) is 53.7 Å². The zero-order valence-electron chi connectivity index (χ0n) is 25.1. The topological polar surface area (TPSA) is 101 Å². The van der Waals surface area contributed by atoms with Crippen molar-refractivity contribution in [3.05, 3.63) is 59.4 Å². The molecule has 0 bridgehead atoms. The number of carbonyl (C=O) groups excluding carboxylic acids is 1. The van der Waals surface area contributed by atoms with Crippen LogP contribution in [0.2, 0.25) is 16.6 Å². The van der Waals surface area contributed by atoms with Gasteiger partial charge in [0.2, 0.25) is 0 Å². The van der Waals surface area contributed by atoms with E-state index in [1.807, 2.05) is 18.2 Å². The van der Waals surface area contributed by atoms with Crippen molar-refractivity contribution in [1.82, 2.24) is 9.55 Å². The summed E-state index contributed by atoms with van der Waals surface area (Å²) in [6, 6.07) is 14.8. The second kappa shape index (κ2) is 13.0. The number of benzene rings is 2. The van der Waals surface area contributed by atoms with Crippen LogP contribution in [0.5, 0.6) is 0 Å². The molecular weight excluding hydrogens is 532 g/mol. The Balaban J connectivity index is 1.67.